The maximum atomic E-state index is 4.62. The van der Waals surface area contributed by atoms with Crippen molar-refractivity contribution in [2.75, 3.05) is 20.3 Å². The number of aryl methyl sites for hydroxylation is 1. The molecule has 0 saturated carbocycles. The minimum absolute atomic E-state index is 0. The van der Waals surface area contributed by atoms with Gasteiger partial charge in [0.25, 0.3) is 0 Å². The van der Waals surface area contributed by atoms with E-state index in [1.54, 1.807) is 0 Å². The van der Waals surface area contributed by atoms with Gasteiger partial charge in [-0.3, -0.25) is 4.90 Å². The molecule has 0 amide bonds. The molecular weight excluding hydrogens is 597 g/mol. The molecule has 2 saturated heterocycles. The third-order valence-electron chi connectivity index (χ3n) is 7.67. The molecular formula is C34H43CsN4. The van der Waals surface area contributed by atoms with E-state index in [2.05, 4.69) is 102 Å². The third-order valence-corrected chi connectivity index (χ3v) is 7.67. The first kappa shape index (κ1) is 32.5. The van der Waals surface area contributed by atoms with Gasteiger partial charge < -0.3 is 16.0 Å². The fourth-order valence-corrected chi connectivity index (χ4v) is 5.47. The minimum Gasteiger partial charge on any atom is -0.642 e. The molecule has 2 aromatic rings. The van der Waals surface area contributed by atoms with E-state index in [9.17, 15) is 0 Å². The van der Waals surface area contributed by atoms with Crippen LogP contribution in [0.25, 0.3) is 11.4 Å². The average molecular weight is 641 g/mol. The Morgan fingerprint density at radius 3 is 2.69 bits per heavy atom. The number of nitrogens with one attached hydrogen (secondary N) is 2. The predicted octanol–water partition coefficient (Wildman–Crippen LogP) is 4.07. The quantitative estimate of drug-likeness (QED) is 0.288. The molecule has 2 aromatic carbocycles. The van der Waals surface area contributed by atoms with Crippen LogP contribution in [0.1, 0.15) is 78.8 Å². The number of hydrogen-bond donors (Lipinski definition) is 2. The Morgan fingerprint density at radius 1 is 1.10 bits per heavy atom. The zero-order valence-corrected chi connectivity index (χ0v) is 30.3. The standard InChI is InChI=1S/C34H43N4.Cs/c1-5-29-17-13-18-30(32(29)24-38(4)34-21-20-26(2)37-27(34)3)16-11-9-7-6-8-10-14-28-15-12-19-31(22-28)33-23-35-25-36-33;/h5,12-13,15,17-19,22,33-35,37H,1-3,6-10,14,20-21,23-25H2,4H3;/q-1;+1. The van der Waals surface area contributed by atoms with Crippen molar-refractivity contribution in [3.63, 3.8) is 0 Å². The Labute approximate surface area is 295 Å². The molecule has 5 heteroatoms. The number of allylic oxidation sites excluding steroid dienone is 1. The summed E-state index contributed by atoms with van der Waals surface area (Å²) in [6, 6.07) is 16.0. The van der Waals surface area contributed by atoms with Crippen molar-refractivity contribution >= 4 is 6.08 Å². The van der Waals surface area contributed by atoms with Crippen LogP contribution in [0.2, 0.25) is 0 Å². The molecule has 2 aliphatic heterocycles. The maximum Gasteiger partial charge on any atom is 1.00 e. The average Bonchev–Trinajstić information content (AvgIpc) is 3.46. The summed E-state index contributed by atoms with van der Waals surface area (Å²) in [5.74, 6) is 6.92. The van der Waals surface area contributed by atoms with Gasteiger partial charge >= 0.3 is 68.9 Å². The molecule has 0 spiro atoms. The molecule has 0 bridgehead atoms. The van der Waals surface area contributed by atoms with Gasteiger partial charge in [-0.05, 0) is 68.5 Å². The Balaban J connectivity index is 0.00000420. The summed E-state index contributed by atoms with van der Waals surface area (Å²) >= 11 is 0. The second kappa shape index (κ2) is 17.0. The normalized spacial score (nSPS) is 18.7. The first-order chi connectivity index (χ1) is 18.5. The molecule has 0 aromatic heterocycles. The molecule has 2 unspecified atom stereocenters. The van der Waals surface area contributed by atoms with Gasteiger partial charge in [0.05, 0.1) is 0 Å². The largest absolute Gasteiger partial charge is 1.00 e. The number of likely N-dealkylation sites (N-methyl/N-ethyl adjacent to an activating group) is 1. The van der Waals surface area contributed by atoms with Crippen LogP contribution in [-0.2, 0) is 13.0 Å². The molecule has 2 atom stereocenters. The van der Waals surface area contributed by atoms with Gasteiger partial charge in [0.2, 0.25) is 0 Å². The molecule has 4 nitrogen and oxygen atoms in total. The van der Waals surface area contributed by atoms with Crippen LogP contribution in [0.3, 0.4) is 0 Å². The van der Waals surface area contributed by atoms with E-state index in [-0.39, 0.29) is 74.9 Å². The van der Waals surface area contributed by atoms with Crippen molar-refractivity contribution in [2.24, 2.45) is 0 Å². The number of hydrogen-bond acceptors (Lipinski definition) is 3. The Kier molecular flexibility index (Phi) is 14.2. The van der Waals surface area contributed by atoms with Crippen LogP contribution in [-0.4, -0.2) is 31.2 Å². The number of rotatable bonds is 11. The molecule has 2 heterocycles. The molecule has 200 valence electrons. The van der Waals surface area contributed by atoms with Crippen molar-refractivity contribution in [3.05, 3.63) is 107 Å². The van der Waals surface area contributed by atoms with Crippen molar-refractivity contribution in [2.45, 2.75) is 70.0 Å². The van der Waals surface area contributed by atoms with E-state index in [1.165, 1.54) is 36.0 Å². The number of unbranched alkanes of at least 4 members (excludes halogenated alkanes) is 4. The molecule has 2 N–H and O–H groups in total. The summed E-state index contributed by atoms with van der Waals surface area (Å²) in [6.07, 6.45) is 10.9. The smallest absolute Gasteiger partial charge is 0.642 e. The van der Waals surface area contributed by atoms with Crippen LogP contribution in [0.5, 0.6) is 0 Å². The van der Waals surface area contributed by atoms with Gasteiger partial charge in [-0.2, -0.15) is 0 Å². The second-order valence-electron chi connectivity index (χ2n) is 10.6. The van der Waals surface area contributed by atoms with Gasteiger partial charge in [0.1, 0.15) is 0 Å². The molecule has 39 heavy (non-hydrogen) atoms. The van der Waals surface area contributed by atoms with Crippen molar-refractivity contribution in [1.82, 2.24) is 15.5 Å². The topological polar surface area (TPSA) is 41.4 Å². The summed E-state index contributed by atoms with van der Waals surface area (Å²) in [7, 11) is 2.17. The van der Waals surface area contributed by atoms with Crippen LogP contribution in [0.15, 0.2) is 73.6 Å². The Hall–Kier alpha value is -1.05. The second-order valence-corrected chi connectivity index (χ2v) is 10.6. The minimum atomic E-state index is 0. The summed E-state index contributed by atoms with van der Waals surface area (Å²) in [4.78, 5) is 2.37. The Morgan fingerprint density at radius 2 is 1.92 bits per heavy atom. The van der Waals surface area contributed by atoms with E-state index in [1.807, 2.05) is 6.08 Å². The van der Waals surface area contributed by atoms with Crippen LogP contribution >= 0.6 is 0 Å². The molecule has 2 aliphatic rings. The summed E-state index contributed by atoms with van der Waals surface area (Å²) in [5.41, 5.74) is 8.38. The van der Waals surface area contributed by atoms with Gasteiger partial charge in [-0.25, -0.2) is 0 Å². The zero-order valence-electron chi connectivity index (χ0n) is 24.1. The SMILES string of the molecule is C=Cc1cccc(C#CCCCCCCc2cccc(C3CNC[N-]3)c2)c1CN(C)C1CCC(=C)NC1=C.[Cs+]. The first-order valence-corrected chi connectivity index (χ1v) is 14.1. The summed E-state index contributed by atoms with van der Waals surface area (Å²) in [5, 5.41) is 11.3. The first-order valence-electron chi connectivity index (χ1n) is 14.1. The van der Waals surface area contributed by atoms with E-state index >= 15 is 0 Å². The molecule has 0 aliphatic carbocycles. The molecule has 2 fully saturated rings. The van der Waals surface area contributed by atoms with Crippen LogP contribution in [0, 0.1) is 11.8 Å². The fourth-order valence-electron chi connectivity index (χ4n) is 5.47. The fraction of sp³-hybridized carbons (Fsp3) is 0.412. The van der Waals surface area contributed by atoms with Crippen molar-refractivity contribution < 1.29 is 68.9 Å². The van der Waals surface area contributed by atoms with Gasteiger partial charge in [0, 0.05) is 36.0 Å². The number of benzene rings is 2. The summed E-state index contributed by atoms with van der Waals surface area (Å²) in [6.45, 7) is 14.9. The van der Waals surface area contributed by atoms with Crippen molar-refractivity contribution in [1.29, 1.82) is 0 Å². The monoisotopic (exact) mass is 640 g/mol. The van der Waals surface area contributed by atoms with Gasteiger partial charge in [-0.15, -0.1) is 0 Å². The molecule has 4 rings (SSSR count). The number of piperidine rings is 1. The van der Waals surface area contributed by atoms with Crippen molar-refractivity contribution in [3.8, 4) is 11.8 Å². The van der Waals surface area contributed by atoms with Gasteiger partial charge in [0.15, 0.2) is 0 Å². The predicted molar refractivity (Wildman–Crippen MR) is 162 cm³/mol. The van der Waals surface area contributed by atoms with E-state index in [4.69, 9.17) is 0 Å². The van der Waals surface area contributed by atoms with E-state index in [0.717, 1.165) is 74.4 Å². The van der Waals surface area contributed by atoms with Crippen LogP contribution < -0.4 is 79.5 Å². The van der Waals surface area contributed by atoms with Crippen LogP contribution in [0.4, 0.5) is 0 Å². The zero-order chi connectivity index (χ0) is 26.7. The molecule has 0 radical (unpaired) electrons. The summed E-state index contributed by atoms with van der Waals surface area (Å²) < 4.78 is 0. The number of nitrogens with zero attached hydrogens (tertiary/aromatic N) is 2. The van der Waals surface area contributed by atoms with E-state index in [0.29, 0.717) is 6.04 Å². The third kappa shape index (κ3) is 9.78. The maximum absolute atomic E-state index is 4.62. The van der Waals surface area contributed by atoms with E-state index < -0.39 is 0 Å². The Bertz CT molecular complexity index is 1190. The van der Waals surface area contributed by atoms with Gasteiger partial charge in [-0.1, -0.05) is 105 Å².